The van der Waals surface area contributed by atoms with Crippen molar-refractivity contribution >= 4 is 11.8 Å². The van der Waals surface area contributed by atoms with E-state index in [1.807, 2.05) is 18.2 Å². The van der Waals surface area contributed by atoms with E-state index in [0.717, 1.165) is 5.56 Å². The minimum atomic E-state index is -1.03. The van der Waals surface area contributed by atoms with Gasteiger partial charge in [0.15, 0.2) is 11.9 Å². The first-order chi connectivity index (χ1) is 16.5. The fourth-order valence-corrected chi connectivity index (χ4v) is 3.35. The Hall–Kier alpha value is -3.84. The van der Waals surface area contributed by atoms with Crippen molar-refractivity contribution in [3.8, 4) is 17.2 Å². The van der Waals surface area contributed by atoms with Crippen LogP contribution in [0.2, 0.25) is 0 Å². The van der Waals surface area contributed by atoms with Crippen LogP contribution in [0.1, 0.15) is 27.9 Å². The van der Waals surface area contributed by atoms with Gasteiger partial charge in [0.25, 0.3) is 0 Å². The zero-order valence-corrected chi connectivity index (χ0v) is 19.2. The van der Waals surface area contributed by atoms with Crippen molar-refractivity contribution < 1.29 is 33.6 Å². The third-order valence-electron chi connectivity index (χ3n) is 5.20. The summed E-state index contributed by atoms with van der Waals surface area (Å²) in [6.07, 6.45) is -0.0957. The third-order valence-corrected chi connectivity index (χ3v) is 5.20. The highest BCUT2D eigenvalue weighted by molar-refractivity contribution is 6.08. The number of hydrogen-bond acceptors (Lipinski definition) is 6. The van der Waals surface area contributed by atoms with Crippen molar-refractivity contribution in [2.75, 3.05) is 27.4 Å². The van der Waals surface area contributed by atoms with E-state index in [1.165, 1.54) is 14.2 Å². The minimum absolute atomic E-state index is 0.0253. The molecule has 3 aromatic rings. The summed E-state index contributed by atoms with van der Waals surface area (Å²) in [5.41, 5.74) is 1.99. The largest absolute Gasteiger partial charge is 0.496 e. The first kappa shape index (κ1) is 24.8. The van der Waals surface area contributed by atoms with Gasteiger partial charge >= 0.3 is 5.97 Å². The second kappa shape index (κ2) is 12.4. The summed E-state index contributed by atoms with van der Waals surface area (Å²) in [4.78, 5) is 23.7. The molecule has 3 rings (SSSR count). The van der Waals surface area contributed by atoms with E-state index in [0.29, 0.717) is 48.0 Å². The number of methoxy groups -OCH3 is 2. The molecule has 0 aliphatic heterocycles. The number of carbonyl (C=O) groups is 2. The highest BCUT2D eigenvalue weighted by Gasteiger charge is 2.19. The van der Waals surface area contributed by atoms with Crippen molar-refractivity contribution in [2.24, 2.45) is 0 Å². The van der Waals surface area contributed by atoms with Crippen LogP contribution >= 0.6 is 0 Å². The molecule has 34 heavy (non-hydrogen) atoms. The third kappa shape index (κ3) is 6.83. The van der Waals surface area contributed by atoms with Crippen LogP contribution < -0.4 is 14.2 Å². The maximum Gasteiger partial charge on any atom is 0.333 e. The number of rotatable bonds is 13. The number of carboxylic acids is 1. The Kier molecular flexibility index (Phi) is 9.05. The molecule has 0 spiro atoms. The molecule has 0 fully saturated rings. The molecule has 1 atom stereocenters. The molecule has 1 unspecified atom stereocenters. The molecule has 7 nitrogen and oxygen atoms in total. The van der Waals surface area contributed by atoms with Gasteiger partial charge in [-0.05, 0) is 35.9 Å². The smallest absolute Gasteiger partial charge is 0.333 e. The number of aliphatic carboxylic acids is 1. The molecule has 7 heteroatoms. The van der Waals surface area contributed by atoms with E-state index in [1.54, 1.807) is 54.6 Å². The Labute approximate surface area is 198 Å². The monoisotopic (exact) mass is 464 g/mol. The standard InChI is InChI=1S/C27H28O7/c1-31-24-18-23(14-11-21(24)17-25(32-2)27(29)30)34-16-6-15-33-22-12-9-20(10-13-22)26(28)19-7-4-3-5-8-19/h3-5,7-14,18,25H,6,15-17H2,1-2H3,(H,29,30). The highest BCUT2D eigenvalue weighted by atomic mass is 16.5. The minimum Gasteiger partial charge on any atom is -0.496 e. The average molecular weight is 465 g/mol. The summed E-state index contributed by atoms with van der Waals surface area (Å²) in [6, 6.07) is 21.5. The maximum atomic E-state index is 12.5. The topological polar surface area (TPSA) is 91.3 Å². The van der Waals surface area contributed by atoms with Gasteiger partial charge in [-0.25, -0.2) is 4.79 Å². The zero-order valence-electron chi connectivity index (χ0n) is 19.2. The molecule has 0 aliphatic carbocycles. The van der Waals surface area contributed by atoms with Gasteiger partial charge in [0.2, 0.25) is 0 Å². The highest BCUT2D eigenvalue weighted by Crippen LogP contribution is 2.26. The lowest BCUT2D eigenvalue weighted by Gasteiger charge is -2.15. The lowest BCUT2D eigenvalue weighted by molar-refractivity contribution is -0.148. The van der Waals surface area contributed by atoms with Gasteiger partial charge in [-0.3, -0.25) is 4.79 Å². The molecule has 0 radical (unpaired) electrons. The van der Waals surface area contributed by atoms with Gasteiger partial charge in [-0.15, -0.1) is 0 Å². The Morgan fingerprint density at radius 2 is 1.44 bits per heavy atom. The van der Waals surface area contributed by atoms with Crippen molar-refractivity contribution in [1.82, 2.24) is 0 Å². The molecule has 0 heterocycles. The van der Waals surface area contributed by atoms with E-state index in [-0.39, 0.29) is 12.2 Å². The van der Waals surface area contributed by atoms with Crippen molar-refractivity contribution in [3.63, 3.8) is 0 Å². The van der Waals surface area contributed by atoms with Gasteiger partial charge in [-0.1, -0.05) is 36.4 Å². The van der Waals surface area contributed by atoms with E-state index >= 15 is 0 Å². The van der Waals surface area contributed by atoms with Crippen molar-refractivity contribution in [2.45, 2.75) is 18.9 Å². The first-order valence-electron chi connectivity index (χ1n) is 10.9. The van der Waals surface area contributed by atoms with Gasteiger partial charge < -0.3 is 24.1 Å². The summed E-state index contributed by atoms with van der Waals surface area (Å²) < 4.78 is 21.9. The lowest BCUT2D eigenvalue weighted by atomic mass is 10.0. The van der Waals surface area contributed by atoms with Crippen LogP contribution in [-0.2, 0) is 16.0 Å². The summed E-state index contributed by atoms with van der Waals surface area (Å²) in [5.74, 6) is 0.794. The quantitative estimate of drug-likeness (QED) is 0.296. The number of hydrogen-bond donors (Lipinski definition) is 1. The molecule has 1 N–H and O–H groups in total. The van der Waals surface area contributed by atoms with Gasteiger partial charge in [0, 0.05) is 37.1 Å². The number of benzene rings is 3. The Morgan fingerprint density at radius 3 is 2.06 bits per heavy atom. The van der Waals surface area contributed by atoms with Gasteiger partial charge in [0.05, 0.1) is 20.3 Å². The average Bonchev–Trinajstić information content (AvgIpc) is 2.87. The molecule has 0 aromatic heterocycles. The van der Waals surface area contributed by atoms with E-state index < -0.39 is 12.1 Å². The fraction of sp³-hybridized carbons (Fsp3) is 0.259. The van der Waals surface area contributed by atoms with Crippen LogP contribution in [0.25, 0.3) is 0 Å². The molecular formula is C27H28O7. The van der Waals surface area contributed by atoms with E-state index in [9.17, 15) is 9.59 Å². The SMILES string of the molecule is COc1cc(OCCCOc2ccc(C(=O)c3ccccc3)cc2)ccc1CC(OC)C(=O)O. The zero-order chi connectivity index (χ0) is 24.3. The van der Waals surface area contributed by atoms with Crippen LogP contribution in [0.3, 0.4) is 0 Å². The molecular weight excluding hydrogens is 436 g/mol. The molecule has 0 saturated heterocycles. The van der Waals surface area contributed by atoms with Crippen molar-refractivity contribution in [3.05, 3.63) is 89.5 Å². The molecule has 0 amide bonds. The van der Waals surface area contributed by atoms with Crippen LogP contribution in [0.5, 0.6) is 17.2 Å². The normalized spacial score (nSPS) is 11.5. The van der Waals surface area contributed by atoms with Crippen LogP contribution in [0, 0.1) is 0 Å². The number of ether oxygens (including phenoxy) is 4. The predicted molar refractivity (Wildman–Crippen MR) is 127 cm³/mol. The summed E-state index contributed by atoms with van der Waals surface area (Å²) in [6.45, 7) is 0.887. The van der Waals surface area contributed by atoms with Crippen molar-refractivity contribution in [1.29, 1.82) is 0 Å². The first-order valence-corrected chi connectivity index (χ1v) is 10.9. The van der Waals surface area contributed by atoms with Crippen LogP contribution in [-0.4, -0.2) is 50.4 Å². The van der Waals surface area contributed by atoms with Gasteiger partial charge in [0.1, 0.15) is 17.2 Å². The Balaban J connectivity index is 1.45. The molecule has 0 aliphatic rings. The van der Waals surface area contributed by atoms with E-state index in [2.05, 4.69) is 0 Å². The fourth-order valence-electron chi connectivity index (χ4n) is 3.35. The Morgan fingerprint density at radius 1 is 0.824 bits per heavy atom. The number of carboxylic acid groups (broad SMARTS) is 1. The molecule has 178 valence electrons. The Bertz CT molecular complexity index is 1080. The second-order valence-corrected chi connectivity index (χ2v) is 7.51. The summed E-state index contributed by atoms with van der Waals surface area (Å²) in [7, 11) is 2.89. The molecule has 0 saturated carbocycles. The maximum absolute atomic E-state index is 12.5. The predicted octanol–water partition coefficient (Wildman–Crippen LogP) is 4.42. The van der Waals surface area contributed by atoms with E-state index in [4.69, 9.17) is 24.1 Å². The van der Waals surface area contributed by atoms with Crippen LogP contribution in [0.4, 0.5) is 0 Å². The van der Waals surface area contributed by atoms with Crippen LogP contribution in [0.15, 0.2) is 72.8 Å². The lowest BCUT2D eigenvalue weighted by Crippen LogP contribution is -2.25. The molecule has 3 aromatic carbocycles. The van der Waals surface area contributed by atoms with Gasteiger partial charge in [-0.2, -0.15) is 0 Å². The molecule has 0 bridgehead atoms. The second-order valence-electron chi connectivity index (χ2n) is 7.51. The summed E-state index contributed by atoms with van der Waals surface area (Å²) in [5, 5.41) is 9.17. The number of carbonyl (C=O) groups excluding carboxylic acids is 1. The number of ketones is 1. The summed E-state index contributed by atoms with van der Waals surface area (Å²) >= 11 is 0.